The quantitative estimate of drug-likeness (QED) is 0.661. The zero-order chi connectivity index (χ0) is 18.8. The van der Waals surface area contributed by atoms with Crippen molar-refractivity contribution in [3.8, 4) is 11.3 Å². The SMILES string of the molecule is CC(=O)Nc1ccc(-c2cnc3ccc(NC4CCC(O)CC4)nn23)cc1. The van der Waals surface area contributed by atoms with Crippen LogP contribution in [0.1, 0.15) is 32.6 Å². The third kappa shape index (κ3) is 3.93. The molecule has 0 spiro atoms. The third-order valence-electron chi connectivity index (χ3n) is 4.91. The molecule has 7 heteroatoms. The van der Waals surface area contributed by atoms with E-state index in [4.69, 9.17) is 5.10 Å². The van der Waals surface area contributed by atoms with E-state index in [1.165, 1.54) is 6.92 Å². The minimum absolute atomic E-state index is 0.0924. The van der Waals surface area contributed by atoms with Crippen LogP contribution >= 0.6 is 0 Å². The van der Waals surface area contributed by atoms with Crippen LogP contribution in [-0.4, -0.2) is 37.8 Å². The van der Waals surface area contributed by atoms with Crippen molar-refractivity contribution in [3.05, 3.63) is 42.6 Å². The van der Waals surface area contributed by atoms with Crippen molar-refractivity contribution >= 4 is 23.1 Å². The van der Waals surface area contributed by atoms with Crippen LogP contribution in [0.4, 0.5) is 11.5 Å². The van der Waals surface area contributed by atoms with Crippen LogP contribution in [0.25, 0.3) is 16.9 Å². The molecule has 1 saturated carbocycles. The van der Waals surface area contributed by atoms with Gasteiger partial charge >= 0.3 is 0 Å². The van der Waals surface area contributed by atoms with Crippen molar-refractivity contribution in [2.45, 2.75) is 44.8 Å². The second kappa shape index (κ2) is 7.36. The number of nitrogens with one attached hydrogen (secondary N) is 2. The summed E-state index contributed by atoms with van der Waals surface area (Å²) in [6.45, 7) is 1.49. The molecule has 0 bridgehead atoms. The molecular weight excluding hydrogens is 342 g/mol. The normalized spacial score (nSPS) is 19.8. The number of anilines is 2. The Morgan fingerprint density at radius 2 is 1.85 bits per heavy atom. The highest BCUT2D eigenvalue weighted by Crippen LogP contribution is 2.24. The molecule has 27 heavy (non-hydrogen) atoms. The van der Waals surface area contributed by atoms with Gasteiger partial charge in [-0.1, -0.05) is 12.1 Å². The molecule has 0 atom stereocenters. The lowest BCUT2D eigenvalue weighted by Crippen LogP contribution is -2.28. The highest BCUT2D eigenvalue weighted by atomic mass is 16.3. The molecule has 3 N–H and O–H groups in total. The van der Waals surface area contributed by atoms with Crippen molar-refractivity contribution in [2.75, 3.05) is 10.6 Å². The Balaban J connectivity index is 1.57. The number of hydrogen-bond acceptors (Lipinski definition) is 5. The van der Waals surface area contributed by atoms with Gasteiger partial charge in [0.05, 0.1) is 18.0 Å². The molecule has 7 nitrogen and oxygen atoms in total. The van der Waals surface area contributed by atoms with Gasteiger partial charge in [-0.25, -0.2) is 9.50 Å². The Morgan fingerprint density at radius 3 is 2.56 bits per heavy atom. The van der Waals surface area contributed by atoms with Gasteiger partial charge in [0, 0.05) is 24.2 Å². The van der Waals surface area contributed by atoms with Crippen LogP contribution in [0.5, 0.6) is 0 Å². The second-order valence-electron chi connectivity index (χ2n) is 7.04. The Bertz CT molecular complexity index is 943. The van der Waals surface area contributed by atoms with Gasteiger partial charge < -0.3 is 15.7 Å². The van der Waals surface area contributed by atoms with Gasteiger partial charge in [0.25, 0.3) is 0 Å². The van der Waals surface area contributed by atoms with E-state index >= 15 is 0 Å². The van der Waals surface area contributed by atoms with Crippen LogP contribution in [0, 0.1) is 0 Å². The Hall–Kier alpha value is -2.93. The van der Waals surface area contributed by atoms with E-state index in [0.29, 0.717) is 6.04 Å². The summed E-state index contributed by atoms with van der Waals surface area (Å²) in [5.74, 6) is 0.711. The number of nitrogens with zero attached hydrogens (tertiary/aromatic N) is 3. The van der Waals surface area contributed by atoms with E-state index < -0.39 is 0 Å². The van der Waals surface area contributed by atoms with Gasteiger partial charge in [-0.3, -0.25) is 4.79 Å². The predicted molar refractivity (Wildman–Crippen MR) is 105 cm³/mol. The van der Waals surface area contributed by atoms with E-state index in [2.05, 4.69) is 15.6 Å². The lowest BCUT2D eigenvalue weighted by atomic mass is 9.93. The molecule has 1 aliphatic rings. The van der Waals surface area contributed by atoms with Gasteiger partial charge in [0.2, 0.25) is 5.91 Å². The van der Waals surface area contributed by atoms with Gasteiger partial charge in [-0.05, 0) is 49.9 Å². The molecular formula is C20H23N5O2. The minimum atomic E-state index is -0.167. The van der Waals surface area contributed by atoms with Crippen LogP contribution < -0.4 is 10.6 Å². The Kier molecular flexibility index (Phi) is 4.77. The fourth-order valence-electron chi connectivity index (χ4n) is 3.50. The van der Waals surface area contributed by atoms with Gasteiger partial charge in [0.15, 0.2) is 5.65 Å². The van der Waals surface area contributed by atoms with Gasteiger partial charge in [0.1, 0.15) is 5.82 Å². The minimum Gasteiger partial charge on any atom is -0.393 e. The molecule has 140 valence electrons. The standard InChI is InChI=1S/C20H23N5O2/c1-13(26)22-15-4-2-14(3-5-15)18-12-21-20-11-10-19(24-25(18)20)23-16-6-8-17(27)9-7-16/h2-5,10-12,16-17,27H,6-9H2,1H3,(H,22,26)(H,23,24). The monoisotopic (exact) mass is 365 g/mol. The zero-order valence-corrected chi connectivity index (χ0v) is 15.2. The average molecular weight is 365 g/mol. The molecule has 2 aromatic heterocycles. The number of fused-ring (bicyclic) bond motifs is 1. The molecule has 4 rings (SSSR count). The maximum Gasteiger partial charge on any atom is 0.221 e. The van der Waals surface area contributed by atoms with E-state index in [0.717, 1.165) is 54.1 Å². The number of benzene rings is 1. The summed E-state index contributed by atoms with van der Waals surface area (Å²) in [5, 5.41) is 20.6. The molecule has 1 fully saturated rings. The third-order valence-corrected chi connectivity index (χ3v) is 4.91. The lowest BCUT2D eigenvalue weighted by Gasteiger charge is -2.26. The van der Waals surface area contributed by atoms with Crippen molar-refractivity contribution in [3.63, 3.8) is 0 Å². The maximum atomic E-state index is 11.2. The van der Waals surface area contributed by atoms with E-state index in [1.54, 1.807) is 6.20 Å². The molecule has 0 unspecified atom stereocenters. The number of aromatic nitrogens is 3. The summed E-state index contributed by atoms with van der Waals surface area (Å²) in [4.78, 5) is 15.6. The summed E-state index contributed by atoms with van der Waals surface area (Å²) in [6.07, 6.45) is 5.19. The van der Waals surface area contributed by atoms with E-state index in [-0.39, 0.29) is 12.0 Å². The molecule has 1 aliphatic carbocycles. The first-order valence-corrected chi connectivity index (χ1v) is 9.26. The number of rotatable bonds is 4. The van der Waals surface area contributed by atoms with E-state index in [9.17, 15) is 9.90 Å². The smallest absolute Gasteiger partial charge is 0.221 e. The first-order valence-electron chi connectivity index (χ1n) is 9.26. The van der Waals surface area contributed by atoms with Crippen LogP contribution in [-0.2, 0) is 4.79 Å². The van der Waals surface area contributed by atoms with Crippen molar-refractivity contribution < 1.29 is 9.90 Å². The molecule has 0 saturated heterocycles. The Labute approximate surface area is 157 Å². The second-order valence-corrected chi connectivity index (χ2v) is 7.04. The largest absolute Gasteiger partial charge is 0.393 e. The summed E-state index contributed by atoms with van der Waals surface area (Å²) >= 11 is 0. The average Bonchev–Trinajstić information content (AvgIpc) is 3.07. The number of hydrogen-bond donors (Lipinski definition) is 3. The van der Waals surface area contributed by atoms with Crippen LogP contribution in [0.15, 0.2) is 42.6 Å². The van der Waals surface area contributed by atoms with Crippen molar-refractivity contribution in [2.24, 2.45) is 0 Å². The number of aliphatic hydroxyl groups excluding tert-OH is 1. The summed E-state index contributed by atoms with van der Waals surface area (Å²) in [7, 11) is 0. The first kappa shape index (κ1) is 17.5. The maximum absolute atomic E-state index is 11.2. The number of aliphatic hydroxyl groups is 1. The fraction of sp³-hybridized carbons (Fsp3) is 0.350. The fourth-order valence-corrected chi connectivity index (χ4v) is 3.50. The topological polar surface area (TPSA) is 91.5 Å². The molecule has 3 aromatic rings. The van der Waals surface area contributed by atoms with Gasteiger partial charge in [-0.15, -0.1) is 5.10 Å². The molecule has 2 heterocycles. The van der Waals surface area contributed by atoms with Crippen molar-refractivity contribution in [1.29, 1.82) is 0 Å². The highest BCUT2D eigenvalue weighted by Gasteiger charge is 2.19. The van der Waals surface area contributed by atoms with Gasteiger partial charge in [-0.2, -0.15) is 0 Å². The molecule has 0 radical (unpaired) electrons. The predicted octanol–water partition coefficient (Wildman–Crippen LogP) is 3.07. The number of amides is 1. The Morgan fingerprint density at radius 1 is 1.11 bits per heavy atom. The van der Waals surface area contributed by atoms with Crippen LogP contribution in [0.3, 0.4) is 0 Å². The summed E-state index contributed by atoms with van der Waals surface area (Å²) in [6, 6.07) is 11.8. The molecule has 1 aromatic carbocycles. The number of carbonyl (C=O) groups excluding carboxylic acids is 1. The summed E-state index contributed by atoms with van der Waals surface area (Å²) in [5.41, 5.74) is 3.40. The lowest BCUT2D eigenvalue weighted by molar-refractivity contribution is -0.114. The highest BCUT2D eigenvalue weighted by molar-refractivity contribution is 5.88. The first-order chi connectivity index (χ1) is 13.1. The van der Waals surface area contributed by atoms with E-state index in [1.807, 2.05) is 40.9 Å². The number of carbonyl (C=O) groups is 1. The zero-order valence-electron chi connectivity index (χ0n) is 15.2. The molecule has 0 aliphatic heterocycles. The molecule has 1 amide bonds. The number of imidazole rings is 1. The van der Waals surface area contributed by atoms with Crippen LogP contribution in [0.2, 0.25) is 0 Å². The summed E-state index contributed by atoms with van der Waals surface area (Å²) < 4.78 is 1.83. The van der Waals surface area contributed by atoms with Crippen molar-refractivity contribution in [1.82, 2.24) is 14.6 Å².